The van der Waals surface area contributed by atoms with Gasteiger partial charge in [0.05, 0.1) is 0 Å². The molecule has 3 rings (SSSR count). The number of carbonyl (C=O) groups is 2. The Morgan fingerprint density at radius 3 is 2.38 bits per heavy atom. The Kier molecular flexibility index (Phi) is 5.26. The van der Waals surface area contributed by atoms with E-state index in [0.29, 0.717) is 25.9 Å². The third-order valence-corrected chi connectivity index (χ3v) is 5.10. The maximum Gasteiger partial charge on any atom is 0.246 e. The van der Waals surface area contributed by atoms with Crippen LogP contribution in [-0.2, 0) is 9.59 Å². The van der Waals surface area contributed by atoms with E-state index in [1.807, 2.05) is 24.3 Å². The van der Waals surface area contributed by atoms with Crippen LogP contribution in [0.25, 0.3) is 11.8 Å². The number of para-hydroxylation sites is 1. The SMILES string of the molecule is Cc1cc(/C=C/C(=O)N2CCC(C(N)=O)CC2)c(C)n1-c1ccccc1. The Morgan fingerprint density at radius 1 is 1.12 bits per heavy atom. The molecule has 26 heavy (non-hydrogen) atoms. The number of piperidine rings is 1. The molecule has 1 aliphatic heterocycles. The molecule has 1 aromatic heterocycles. The summed E-state index contributed by atoms with van der Waals surface area (Å²) in [5.41, 5.74) is 9.72. The van der Waals surface area contributed by atoms with Crippen LogP contribution in [0.5, 0.6) is 0 Å². The molecule has 0 saturated carbocycles. The maximum absolute atomic E-state index is 12.4. The predicted molar refractivity (Wildman–Crippen MR) is 103 cm³/mol. The Bertz CT molecular complexity index is 828. The second-order valence-corrected chi connectivity index (χ2v) is 6.83. The first-order valence-corrected chi connectivity index (χ1v) is 8.98. The predicted octanol–water partition coefficient (Wildman–Crippen LogP) is 2.83. The zero-order valence-corrected chi connectivity index (χ0v) is 15.3. The summed E-state index contributed by atoms with van der Waals surface area (Å²) in [7, 11) is 0. The van der Waals surface area contributed by atoms with Gasteiger partial charge in [-0.05, 0) is 56.5 Å². The molecule has 0 spiro atoms. The minimum atomic E-state index is -0.263. The lowest BCUT2D eigenvalue weighted by Crippen LogP contribution is -2.41. The number of likely N-dealkylation sites (tertiary alicyclic amines) is 1. The number of nitrogens with two attached hydrogens (primary N) is 1. The number of amides is 2. The Morgan fingerprint density at radius 2 is 1.77 bits per heavy atom. The molecule has 0 unspecified atom stereocenters. The van der Waals surface area contributed by atoms with Gasteiger partial charge in [-0.15, -0.1) is 0 Å². The molecule has 136 valence electrons. The van der Waals surface area contributed by atoms with E-state index >= 15 is 0 Å². The highest BCUT2D eigenvalue weighted by Crippen LogP contribution is 2.22. The quantitative estimate of drug-likeness (QED) is 0.861. The van der Waals surface area contributed by atoms with E-state index < -0.39 is 0 Å². The summed E-state index contributed by atoms with van der Waals surface area (Å²) in [6.45, 7) is 5.29. The van der Waals surface area contributed by atoms with E-state index in [0.717, 1.165) is 22.6 Å². The first kappa shape index (κ1) is 18.0. The summed E-state index contributed by atoms with van der Waals surface area (Å²) in [5.74, 6) is -0.383. The van der Waals surface area contributed by atoms with Crippen LogP contribution in [0, 0.1) is 19.8 Å². The lowest BCUT2D eigenvalue weighted by molar-refractivity contribution is -0.130. The molecule has 0 radical (unpaired) electrons. The van der Waals surface area contributed by atoms with E-state index in [1.165, 1.54) is 0 Å². The van der Waals surface area contributed by atoms with Crippen molar-refractivity contribution in [3.63, 3.8) is 0 Å². The van der Waals surface area contributed by atoms with Crippen LogP contribution in [0.15, 0.2) is 42.5 Å². The number of carbonyl (C=O) groups excluding carboxylic acids is 2. The highest BCUT2D eigenvalue weighted by Gasteiger charge is 2.24. The fourth-order valence-electron chi connectivity index (χ4n) is 3.58. The standard InChI is InChI=1S/C21H25N3O2/c1-15-14-18(16(2)24(15)19-6-4-3-5-7-19)8-9-20(25)23-12-10-17(11-13-23)21(22)26/h3-9,14,17H,10-13H2,1-2H3,(H2,22,26)/b9-8+. The Labute approximate surface area is 154 Å². The van der Waals surface area contributed by atoms with Crippen molar-refractivity contribution in [1.82, 2.24) is 9.47 Å². The first-order valence-electron chi connectivity index (χ1n) is 8.98. The fourth-order valence-corrected chi connectivity index (χ4v) is 3.58. The summed E-state index contributed by atoms with van der Waals surface area (Å²) in [6, 6.07) is 12.3. The molecular formula is C21H25N3O2. The summed E-state index contributed by atoms with van der Waals surface area (Å²) < 4.78 is 2.18. The Hall–Kier alpha value is -2.82. The largest absolute Gasteiger partial charge is 0.369 e. The van der Waals surface area contributed by atoms with Gasteiger partial charge < -0.3 is 15.2 Å². The molecule has 1 aromatic carbocycles. The lowest BCUT2D eigenvalue weighted by atomic mass is 9.96. The molecule has 5 nitrogen and oxygen atoms in total. The summed E-state index contributed by atoms with van der Waals surface area (Å²) in [5, 5.41) is 0. The van der Waals surface area contributed by atoms with Gasteiger partial charge in [0.25, 0.3) is 0 Å². The number of primary amides is 1. The maximum atomic E-state index is 12.4. The average molecular weight is 351 g/mol. The van der Waals surface area contributed by atoms with Crippen molar-refractivity contribution in [3.05, 3.63) is 59.4 Å². The third kappa shape index (κ3) is 3.72. The molecule has 1 saturated heterocycles. The van der Waals surface area contributed by atoms with Crippen LogP contribution in [0.4, 0.5) is 0 Å². The second kappa shape index (κ2) is 7.60. The monoisotopic (exact) mass is 351 g/mol. The van der Waals surface area contributed by atoms with Crippen molar-refractivity contribution < 1.29 is 9.59 Å². The zero-order chi connectivity index (χ0) is 18.7. The molecule has 1 fully saturated rings. The lowest BCUT2D eigenvalue weighted by Gasteiger charge is -2.29. The number of aryl methyl sites for hydroxylation is 1. The van der Waals surface area contributed by atoms with E-state index in [4.69, 9.17) is 5.73 Å². The minimum absolute atomic E-state index is 0.0163. The van der Waals surface area contributed by atoms with Gasteiger partial charge in [-0.3, -0.25) is 9.59 Å². The molecule has 1 aliphatic rings. The third-order valence-electron chi connectivity index (χ3n) is 5.10. The summed E-state index contributed by atoms with van der Waals surface area (Å²) >= 11 is 0. The number of hydrogen-bond donors (Lipinski definition) is 1. The van der Waals surface area contributed by atoms with Gasteiger partial charge in [0.1, 0.15) is 0 Å². The molecule has 2 heterocycles. The van der Waals surface area contributed by atoms with Gasteiger partial charge in [0.2, 0.25) is 11.8 Å². The number of aromatic nitrogens is 1. The molecule has 0 aliphatic carbocycles. The van der Waals surface area contributed by atoms with Crippen LogP contribution >= 0.6 is 0 Å². The Balaban J connectivity index is 1.71. The van der Waals surface area contributed by atoms with E-state index in [1.54, 1.807) is 11.0 Å². The van der Waals surface area contributed by atoms with Crippen LogP contribution < -0.4 is 5.73 Å². The fraction of sp³-hybridized carbons (Fsp3) is 0.333. The van der Waals surface area contributed by atoms with Crippen molar-refractivity contribution >= 4 is 17.9 Å². The van der Waals surface area contributed by atoms with Gasteiger partial charge in [-0.1, -0.05) is 18.2 Å². The van der Waals surface area contributed by atoms with Crippen molar-refractivity contribution in [2.24, 2.45) is 11.7 Å². The van der Waals surface area contributed by atoms with Gasteiger partial charge in [-0.2, -0.15) is 0 Å². The number of hydrogen-bond acceptors (Lipinski definition) is 2. The highest BCUT2D eigenvalue weighted by molar-refractivity contribution is 5.92. The summed E-state index contributed by atoms with van der Waals surface area (Å²) in [4.78, 5) is 25.5. The smallest absolute Gasteiger partial charge is 0.246 e. The number of rotatable bonds is 4. The van der Waals surface area contributed by atoms with Crippen molar-refractivity contribution in [2.45, 2.75) is 26.7 Å². The number of benzene rings is 1. The average Bonchev–Trinajstić information content (AvgIpc) is 2.94. The molecule has 2 aromatic rings. The highest BCUT2D eigenvalue weighted by atomic mass is 16.2. The second-order valence-electron chi connectivity index (χ2n) is 6.83. The van der Waals surface area contributed by atoms with Gasteiger partial charge in [-0.25, -0.2) is 0 Å². The first-order chi connectivity index (χ1) is 12.5. The van der Waals surface area contributed by atoms with Crippen LogP contribution in [0.1, 0.15) is 29.8 Å². The van der Waals surface area contributed by atoms with E-state index in [2.05, 4.69) is 36.6 Å². The molecule has 0 bridgehead atoms. The molecular weight excluding hydrogens is 326 g/mol. The van der Waals surface area contributed by atoms with Crippen molar-refractivity contribution in [3.8, 4) is 5.69 Å². The topological polar surface area (TPSA) is 68.3 Å². The van der Waals surface area contributed by atoms with Crippen molar-refractivity contribution in [2.75, 3.05) is 13.1 Å². The van der Waals surface area contributed by atoms with Crippen molar-refractivity contribution in [1.29, 1.82) is 0 Å². The molecule has 2 N–H and O–H groups in total. The van der Waals surface area contributed by atoms with Crippen LogP contribution in [-0.4, -0.2) is 34.4 Å². The van der Waals surface area contributed by atoms with E-state index in [9.17, 15) is 9.59 Å². The van der Waals surface area contributed by atoms with Gasteiger partial charge in [0.15, 0.2) is 0 Å². The summed E-state index contributed by atoms with van der Waals surface area (Å²) in [6.07, 6.45) is 4.81. The number of nitrogens with zero attached hydrogens (tertiary/aromatic N) is 2. The van der Waals surface area contributed by atoms with Crippen LogP contribution in [0.3, 0.4) is 0 Å². The van der Waals surface area contributed by atoms with Gasteiger partial charge >= 0.3 is 0 Å². The van der Waals surface area contributed by atoms with E-state index in [-0.39, 0.29) is 17.7 Å². The molecule has 5 heteroatoms. The molecule has 0 atom stereocenters. The minimum Gasteiger partial charge on any atom is -0.369 e. The normalized spacial score (nSPS) is 15.5. The molecule has 2 amide bonds. The van der Waals surface area contributed by atoms with Crippen LogP contribution in [0.2, 0.25) is 0 Å². The zero-order valence-electron chi connectivity index (χ0n) is 15.3. The van der Waals surface area contributed by atoms with Gasteiger partial charge in [0, 0.05) is 42.2 Å².